The highest BCUT2D eigenvalue weighted by molar-refractivity contribution is 6.06. The van der Waals surface area contributed by atoms with Crippen molar-refractivity contribution in [1.29, 1.82) is 0 Å². The molecule has 5 radical (unpaired) electrons. The molecule has 4 rings (SSSR count). The molecule has 1 aliphatic heterocycles. The number of para-hydroxylation sites is 1. The number of nitrogens with zero attached hydrogens (tertiary/aromatic N) is 1. The van der Waals surface area contributed by atoms with Gasteiger partial charge in [0.25, 0.3) is 5.91 Å². The van der Waals surface area contributed by atoms with Gasteiger partial charge in [-0.05, 0) is 62.1 Å². The van der Waals surface area contributed by atoms with Crippen molar-refractivity contribution in [3.8, 4) is 11.5 Å². The van der Waals surface area contributed by atoms with E-state index in [4.69, 9.17) is 9.47 Å². The summed E-state index contributed by atoms with van der Waals surface area (Å²) in [7, 11) is 1.63. The fraction of sp³-hybridized carbons (Fsp3) is 0.143. The highest BCUT2D eigenvalue weighted by atomic mass is 16.5. The zero-order valence-corrected chi connectivity index (χ0v) is 13.8. The maximum absolute atomic E-state index is 12.8. The zero-order valence-electron chi connectivity index (χ0n) is 13.8. The molecule has 2 fully saturated rings. The smallest absolute Gasteiger partial charge is 0.270 e. The van der Waals surface area contributed by atoms with E-state index in [0.29, 0.717) is 5.75 Å². The van der Waals surface area contributed by atoms with Gasteiger partial charge >= 0.3 is 0 Å². The summed E-state index contributed by atoms with van der Waals surface area (Å²) in [5.74, 6) is 2.49. The molecule has 1 amide bonds. The number of hydrogen-bond acceptors (Lipinski definition) is 3. The van der Waals surface area contributed by atoms with Crippen molar-refractivity contribution in [3.63, 3.8) is 0 Å². The SMILES string of the molecule is COc1ccc(N2C(=O)[C@H](Oc3ccccc3)[C@@H]2[C]2[CH][CH][CH][CH]2)cc1. The Kier molecular flexibility index (Phi) is 4.35. The van der Waals surface area contributed by atoms with Crippen LogP contribution in [0.5, 0.6) is 11.5 Å². The van der Waals surface area contributed by atoms with Crippen molar-refractivity contribution in [2.75, 3.05) is 12.0 Å². The molecule has 1 aliphatic carbocycles. The van der Waals surface area contributed by atoms with Crippen molar-refractivity contribution in [3.05, 3.63) is 86.2 Å². The van der Waals surface area contributed by atoms with Gasteiger partial charge in [-0.15, -0.1) is 0 Å². The molecule has 0 spiro atoms. The Morgan fingerprint density at radius 2 is 1.56 bits per heavy atom. The highest BCUT2D eigenvalue weighted by Gasteiger charge is 2.54. The van der Waals surface area contributed by atoms with Gasteiger partial charge < -0.3 is 14.4 Å². The number of hydrogen-bond donors (Lipinski definition) is 0. The van der Waals surface area contributed by atoms with E-state index in [1.807, 2.05) is 80.3 Å². The van der Waals surface area contributed by atoms with Crippen LogP contribution < -0.4 is 14.4 Å². The molecular formula is C21H18NO3. The lowest BCUT2D eigenvalue weighted by molar-refractivity contribution is -0.134. The summed E-state index contributed by atoms with van der Waals surface area (Å²) in [5.41, 5.74) is 0.838. The minimum Gasteiger partial charge on any atom is -0.497 e. The van der Waals surface area contributed by atoms with Crippen LogP contribution in [0.2, 0.25) is 0 Å². The minimum absolute atomic E-state index is 0.0415. The number of amides is 1. The molecule has 2 atom stereocenters. The fourth-order valence-electron chi connectivity index (χ4n) is 3.16. The van der Waals surface area contributed by atoms with E-state index in [1.165, 1.54) is 0 Å². The van der Waals surface area contributed by atoms with Gasteiger partial charge in [0.2, 0.25) is 0 Å². The number of methoxy groups -OCH3 is 1. The quantitative estimate of drug-likeness (QED) is 0.789. The molecule has 2 aromatic rings. The van der Waals surface area contributed by atoms with Crippen molar-refractivity contribution in [2.24, 2.45) is 0 Å². The Morgan fingerprint density at radius 1 is 0.880 bits per heavy atom. The van der Waals surface area contributed by atoms with Crippen LogP contribution in [-0.2, 0) is 4.79 Å². The first kappa shape index (κ1) is 16.0. The predicted molar refractivity (Wildman–Crippen MR) is 95.6 cm³/mol. The standard InChI is InChI=1S/C21H18NO3/c1-24-17-13-11-16(12-14-17)22-19(15-7-5-6-8-15)20(21(22)23)25-18-9-3-2-4-10-18/h2-14,19-20H,1H3/t19-,20+/m0/s1. The molecule has 0 bridgehead atoms. The normalized spacial score (nSPS) is 23.4. The van der Waals surface area contributed by atoms with E-state index < -0.39 is 6.10 Å². The molecule has 1 saturated heterocycles. The Labute approximate surface area is 148 Å². The molecular weight excluding hydrogens is 314 g/mol. The Morgan fingerprint density at radius 3 is 2.20 bits per heavy atom. The van der Waals surface area contributed by atoms with Crippen LogP contribution in [0.1, 0.15) is 0 Å². The summed E-state index contributed by atoms with van der Waals surface area (Å²) in [5, 5.41) is 0. The number of rotatable bonds is 5. The van der Waals surface area contributed by atoms with Gasteiger partial charge in [-0.1, -0.05) is 18.2 Å². The van der Waals surface area contributed by atoms with Crippen LogP contribution in [0.15, 0.2) is 54.6 Å². The van der Waals surface area contributed by atoms with Gasteiger partial charge in [-0.3, -0.25) is 4.79 Å². The third-order valence-corrected chi connectivity index (χ3v) is 4.43. The van der Waals surface area contributed by atoms with Crippen molar-refractivity contribution < 1.29 is 14.3 Å². The predicted octanol–water partition coefficient (Wildman–Crippen LogP) is 3.26. The first-order valence-corrected chi connectivity index (χ1v) is 8.18. The zero-order chi connectivity index (χ0) is 17.2. The van der Waals surface area contributed by atoms with Crippen molar-refractivity contribution in [1.82, 2.24) is 0 Å². The van der Waals surface area contributed by atoms with Crippen LogP contribution in [-0.4, -0.2) is 25.2 Å². The summed E-state index contributed by atoms with van der Waals surface area (Å²) in [6, 6.07) is 16.8. The Balaban J connectivity index is 1.59. The Bertz CT molecular complexity index is 723. The summed E-state index contributed by atoms with van der Waals surface area (Å²) in [4.78, 5) is 14.6. The van der Waals surface area contributed by atoms with Gasteiger partial charge in [0, 0.05) is 11.6 Å². The topological polar surface area (TPSA) is 38.8 Å². The monoisotopic (exact) mass is 332 g/mol. The molecule has 4 nitrogen and oxygen atoms in total. The molecule has 4 heteroatoms. The number of benzene rings is 2. The number of β-lactam (4-membered cyclic amide) rings is 1. The van der Waals surface area contributed by atoms with Gasteiger partial charge in [0.05, 0.1) is 13.2 Å². The van der Waals surface area contributed by atoms with E-state index in [1.54, 1.807) is 12.0 Å². The molecule has 2 aliphatic rings. The molecule has 1 saturated carbocycles. The average Bonchev–Trinajstić information content (AvgIpc) is 3.19. The summed E-state index contributed by atoms with van der Waals surface area (Å²) >= 11 is 0. The summed E-state index contributed by atoms with van der Waals surface area (Å²) < 4.78 is 11.2. The van der Waals surface area contributed by atoms with Gasteiger partial charge in [0.1, 0.15) is 11.5 Å². The van der Waals surface area contributed by atoms with Crippen LogP contribution in [0.25, 0.3) is 0 Å². The molecule has 125 valence electrons. The molecule has 0 aromatic heterocycles. The maximum Gasteiger partial charge on any atom is 0.270 e. The summed E-state index contributed by atoms with van der Waals surface area (Å²) in [6.45, 7) is 0. The second-order valence-electron chi connectivity index (χ2n) is 5.92. The lowest BCUT2D eigenvalue weighted by Crippen LogP contribution is -2.69. The third-order valence-electron chi connectivity index (χ3n) is 4.43. The number of ether oxygens (including phenoxy) is 2. The van der Waals surface area contributed by atoms with E-state index in [0.717, 1.165) is 17.4 Å². The second kappa shape index (κ2) is 6.79. The van der Waals surface area contributed by atoms with Gasteiger partial charge in [-0.2, -0.15) is 0 Å². The fourth-order valence-corrected chi connectivity index (χ4v) is 3.16. The van der Waals surface area contributed by atoms with Crippen LogP contribution >= 0.6 is 0 Å². The van der Waals surface area contributed by atoms with Gasteiger partial charge in [0.15, 0.2) is 6.10 Å². The van der Waals surface area contributed by atoms with Gasteiger partial charge in [-0.25, -0.2) is 0 Å². The molecule has 0 unspecified atom stereocenters. The van der Waals surface area contributed by atoms with E-state index in [2.05, 4.69) is 0 Å². The lowest BCUT2D eigenvalue weighted by atomic mass is 9.84. The van der Waals surface area contributed by atoms with Crippen molar-refractivity contribution in [2.45, 2.75) is 12.1 Å². The van der Waals surface area contributed by atoms with E-state index in [9.17, 15) is 4.79 Å². The minimum atomic E-state index is -0.521. The van der Waals surface area contributed by atoms with Crippen LogP contribution in [0.3, 0.4) is 0 Å². The molecule has 2 aromatic carbocycles. The first-order valence-electron chi connectivity index (χ1n) is 8.18. The first-order chi connectivity index (χ1) is 12.3. The van der Waals surface area contributed by atoms with E-state index >= 15 is 0 Å². The van der Waals surface area contributed by atoms with Crippen molar-refractivity contribution >= 4 is 11.6 Å². The summed E-state index contributed by atoms with van der Waals surface area (Å²) in [6.07, 6.45) is 7.48. The third kappa shape index (κ3) is 2.97. The molecule has 0 N–H and O–H groups in total. The molecule has 1 heterocycles. The Hall–Kier alpha value is -2.49. The maximum atomic E-state index is 12.8. The number of anilines is 1. The van der Waals surface area contributed by atoms with Crippen LogP contribution in [0.4, 0.5) is 5.69 Å². The largest absolute Gasteiger partial charge is 0.497 e. The highest BCUT2D eigenvalue weighted by Crippen LogP contribution is 2.41. The number of carbonyl (C=O) groups is 1. The molecule has 25 heavy (non-hydrogen) atoms. The number of carbonyl (C=O) groups excluding carboxylic acids is 1. The van der Waals surface area contributed by atoms with Crippen LogP contribution in [0, 0.1) is 31.6 Å². The second-order valence-corrected chi connectivity index (χ2v) is 5.92. The average molecular weight is 332 g/mol. The lowest BCUT2D eigenvalue weighted by Gasteiger charge is -2.49. The van der Waals surface area contributed by atoms with E-state index in [-0.39, 0.29) is 11.9 Å².